The van der Waals surface area contributed by atoms with Crippen molar-refractivity contribution < 1.29 is 0 Å². The molecule has 1 aromatic rings. The fourth-order valence-corrected chi connectivity index (χ4v) is 3.04. The van der Waals surface area contributed by atoms with Gasteiger partial charge in [0.2, 0.25) is 0 Å². The SMILES string of the molecule is CNCC1CCN(CC(C)c2cccc(Cl)c2)C1.Cl. The van der Waals surface area contributed by atoms with Crippen molar-refractivity contribution in [3.8, 4) is 0 Å². The second kappa shape index (κ2) is 8.11. The summed E-state index contributed by atoms with van der Waals surface area (Å²) in [6.07, 6.45) is 1.32. The molecule has 1 aromatic carbocycles. The van der Waals surface area contributed by atoms with Crippen LogP contribution in [0.15, 0.2) is 24.3 Å². The third kappa shape index (κ3) is 4.96. The van der Waals surface area contributed by atoms with Gasteiger partial charge in [-0.1, -0.05) is 30.7 Å². The average molecular weight is 303 g/mol. The second-order valence-corrected chi connectivity index (χ2v) is 5.86. The van der Waals surface area contributed by atoms with Gasteiger partial charge in [0.1, 0.15) is 0 Å². The first kappa shape index (κ1) is 16.8. The lowest BCUT2D eigenvalue weighted by atomic mass is 10.0. The lowest BCUT2D eigenvalue weighted by Crippen LogP contribution is -2.27. The van der Waals surface area contributed by atoms with Crippen molar-refractivity contribution in [1.29, 1.82) is 0 Å². The first-order valence-corrected chi connectivity index (χ1v) is 7.19. The van der Waals surface area contributed by atoms with Crippen LogP contribution in [0.3, 0.4) is 0 Å². The quantitative estimate of drug-likeness (QED) is 0.897. The monoisotopic (exact) mass is 302 g/mol. The molecule has 1 heterocycles. The van der Waals surface area contributed by atoms with Crippen LogP contribution in [0.4, 0.5) is 0 Å². The van der Waals surface area contributed by atoms with E-state index in [9.17, 15) is 0 Å². The third-order valence-corrected chi connectivity index (χ3v) is 4.05. The zero-order valence-corrected chi connectivity index (χ0v) is 13.3. The number of halogens is 2. The summed E-state index contributed by atoms with van der Waals surface area (Å²) in [5.41, 5.74) is 1.35. The summed E-state index contributed by atoms with van der Waals surface area (Å²) in [4.78, 5) is 2.58. The molecule has 1 aliphatic heterocycles. The van der Waals surface area contributed by atoms with Crippen LogP contribution in [0.2, 0.25) is 5.02 Å². The van der Waals surface area contributed by atoms with Gasteiger partial charge in [-0.05, 0) is 56.1 Å². The molecule has 1 aliphatic rings. The zero-order chi connectivity index (χ0) is 13.0. The molecule has 2 atom stereocenters. The highest BCUT2D eigenvalue weighted by molar-refractivity contribution is 6.30. The molecular weight excluding hydrogens is 279 g/mol. The molecule has 0 saturated carbocycles. The van der Waals surface area contributed by atoms with Crippen molar-refractivity contribution in [3.63, 3.8) is 0 Å². The molecule has 1 N–H and O–H groups in total. The summed E-state index contributed by atoms with van der Waals surface area (Å²) in [5, 5.41) is 4.12. The highest BCUT2D eigenvalue weighted by Crippen LogP contribution is 2.23. The Balaban J connectivity index is 0.00000180. The van der Waals surface area contributed by atoms with Gasteiger partial charge in [-0.2, -0.15) is 0 Å². The van der Waals surface area contributed by atoms with E-state index in [0.29, 0.717) is 5.92 Å². The average Bonchev–Trinajstić information content (AvgIpc) is 2.77. The smallest absolute Gasteiger partial charge is 0.0408 e. The van der Waals surface area contributed by atoms with Gasteiger partial charge in [0.05, 0.1) is 0 Å². The van der Waals surface area contributed by atoms with Crippen LogP contribution in [0.25, 0.3) is 0 Å². The molecule has 0 radical (unpaired) electrons. The first-order valence-electron chi connectivity index (χ1n) is 6.81. The van der Waals surface area contributed by atoms with Gasteiger partial charge in [-0.25, -0.2) is 0 Å². The Bertz CT molecular complexity index is 384. The van der Waals surface area contributed by atoms with E-state index < -0.39 is 0 Å². The van der Waals surface area contributed by atoms with E-state index in [4.69, 9.17) is 11.6 Å². The van der Waals surface area contributed by atoms with E-state index in [0.717, 1.165) is 24.0 Å². The number of rotatable bonds is 5. The Kier molecular flexibility index (Phi) is 7.16. The van der Waals surface area contributed by atoms with Crippen molar-refractivity contribution in [2.75, 3.05) is 33.2 Å². The normalized spacial score (nSPS) is 21.1. The number of hydrogen-bond acceptors (Lipinski definition) is 2. The predicted octanol–water partition coefficient (Wildman–Crippen LogP) is 3.41. The van der Waals surface area contributed by atoms with Crippen LogP contribution in [-0.4, -0.2) is 38.1 Å². The van der Waals surface area contributed by atoms with Gasteiger partial charge in [0.15, 0.2) is 0 Å². The molecule has 2 rings (SSSR count). The second-order valence-electron chi connectivity index (χ2n) is 5.43. The molecule has 0 amide bonds. The molecule has 0 aliphatic carbocycles. The van der Waals surface area contributed by atoms with Crippen molar-refractivity contribution in [1.82, 2.24) is 10.2 Å². The maximum absolute atomic E-state index is 6.05. The number of likely N-dealkylation sites (tertiary alicyclic amines) is 1. The van der Waals surface area contributed by atoms with E-state index in [1.54, 1.807) is 0 Å². The number of nitrogens with zero attached hydrogens (tertiary/aromatic N) is 1. The fourth-order valence-electron chi connectivity index (χ4n) is 2.84. The largest absolute Gasteiger partial charge is 0.319 e. The fraction of sp³-hybridized carbons (Fsp3) is 0.600. The number of hydrogen-bond donors (Lipinski definition) is 1. The lowest BCUT2D eigenvalue weighted by molar-refractivity contribution is 0.307. The van der Waals surface area contributed by atoms with Crippen molar-refractivity contribution in [2.45, 2.75) is 19.3 Å². The van der Waals surface area contributed by atoms with Crippen LogP contribution in [0, 0.1) is 5.92 Å². The Morgan fingerprint density at radius 3 is 2.95 bits per heavy atom. The van der Waals surface area contributed by atoms with E-state index in [1.807, 2.05) is 19.2 Å². The number of nitrogens with one attached hydrogen (secondary N) is 1. The van der Waals surface area contributed by atoms with Crippen molar-refractivity contribution in [3.05, 3.63) is 34.9 Å². The van der Waals surface area contributed by atoms with Gasteiger partial charge < -0.3 is 10.2 Å². The minimum atomic E-state index is 0. The Morgan fingerprint density at radius 2 is 2.26 bits per heavy atom. The molecule has 0 aromatic heterocycles. The maximum atomic E-state index is 6.05. The lowest BCUT2D eigenvalue weighted by Gasteiger charge is -2.21. The van der Waals surface area contributed by atoms with Crippen LogP contribution in [0.1, 0.15) is 24.8 Å². The van der Waals surface area contributed by atoms with Crippen molar-refractivity contribution in [2.24, 2.45) is 5.92 Å². The summed E-state index contributed by atoms with van der Waals surface area (Å²) in [7, 11) is 2.04. The molecule has 1 fully saturated rings. The zero-order valence-electron chi connectivity index (χ0n) is 11.7. The van der Waals surface area contributed by atoms with E-state index in [-0.39, 0.29) is 12.4 Å². The van der Waals surface area contributed by atoms with Gasteiger partial charge in [0, 0.05) is 18.1 Å². The van der Waals surface area contributed by atoms with Crippen LogP contribution < -0.4 is 5.32 Å². The molecule has 1 saturated heterocycles. The highest BCUT2D eigenvalue weighted by atomic mass is 35.5. The molecule has 2 unspecified atom stereocenters. The van der Waals surface area contributed by atoms with Gasteiger partial charge in [-0.3, -0.25) is 0 Å². The molecule has 19 heavy (non-hydrogen) atoms. The molecule has 0 bridgehead atoms. The van der Waals surface area contributed by atoms with E-state index in [2.05, 4.69) is 29.3 Å². The Labute approximate surface area is 127 Å². The van der Waals surface area contributed by atoms with Gasteiger partial charge in [0.25, 0.3) is 0 Å². The molecule has 4 heteroatoms. The minimum absolute atomic E-state index is 0. The molecule has 108 valence electrons. The highest BCUT2D eigenvalue weighted by Gasteiger charge is 2.23. The molecule has 0 spiro atoms. The topological polar surface area (TPSA) is 15.3 Å². The predicted molar refractivity (Wildman–Crippen MR) is 85.6 cm³/mol. The van der Waals surface area contributed by atoms with Crippen molar-refractivity contribution >= 4 is 24.0 Å². The molecule has 2 nitrogen and oxygen atoms in total. The van der Waals surface area contributed by atoms with Crippen LogP contribution in [-0.2, 0) is 0 Å². The van der Waals surface area contributed by atoms with Gasteiger partial charge in [-0.15, -0.1) is 12.4 Å². The van der Waals surface area contributed by atoms with Gasteiger partial charge >= 0.3 is 0 Å². The standard InChI is InChI=1S/C15H23ClN2.ClH/c1-12(14-4-3-5-15(16)8-14)10-18-7-6-13(11-18)9-17-2;/h3-5,8,12-13,17H,6-7,9-11H2,1-2H3;1H. The summed E-state index contributed by atoms with van der Waals surface area (Å²) in [6.45, 7) is 7.03. The van der Waals surface area contributed by atoms with Crippen LogP contribution >= 0.6 is 24.0 Å². The summed E-state index contributed by atoms with van der Waals surface area (Å²) >= 11 is 6.05. The van der Waals surface area contributed by atoms with E-state index >= 15 is 0 Å². The first-order chi connectivity index (χ1) is 8.69. The van der Waals surface area contributed by atoms with Crippen LogP contribution in [0.5, 0.6) is 0 Å². The maximum Gasteiger partial charge on any atom is 0.0408 e. The summed E-state index contributed by atoms with van der Waals surface area (Å²) in [6, 6.07) is 8.25. The van der Waals surface area contributed by atoms with E-state index in [1.165, 1.54) is 25.1 Å². The Hall–Kier alpha value is -0.280. The number of benzene rings is 1. The molecular formula is C15H24Cl2N2. The third-order valence-electron chi connectivity index (χ3n) is 3.81. The Morgan fingerprint density at radius 1 is 1.47 bits per heavy atom. The summed E-state index contributed by atoms with van der Waals surface area (Å²) < 4.78 is 0. The minimum Gasteiger partial charge on any atom is -0.319 e. The summed E-state index contributed by atoms with van der Waals surface area (Å²) in [5.74, 6) is 1.37.